The molecule has 1 atom stereocenters. The highest BCUT2D eigenvalue weighted by molar-refractivity contribution is 6.30. The molecule has 0 aromatic heterocycles. The molecule has 0 aliphatic heterocycles. The van der Waals surface area contributed by atoms with Crippen molar-refractivity contribution in [3.8, 4) is 0 Å². The highest BCUT2D eigenvalue weighted by Crippen LogP contribution is 2.20. The van der Waals surface area contributed by atoms with Gasteiger partial charge in [0.05, 0.1) is 0 Å². The van der Waals surface area contributed by atoms with Gasteiger partial charge >= 0.3 is 0 Å². The molecule has 0 bridgehead atoms. The molecule has 0 aliphatic carbocycles. The van der Waals surface area contributed by atoms with Crippen molar-refractivity contribution in [1.82, 2.24) is 10.2 Å². The SMILES string of the molecule is CCCC(NCCCCN(C)C)c1ccc(Cl)cc1. The summed E-state index contributed by atoms with van der Waals surface area (Å²) in [5.74, 6) is 0. The van der Waals surface area contributed by atoms with Gasteiger partial charge in [0.25, 0.3) is 0 Å². The lowest BCUT2D eigenvalue weighted by molar-refractivity contribution is 0.386. The summed E-state index contributed by atoms with van der Waals surface area (Å²) in [6, 6.07) is 8.69. The van der Waals surface area contributed by atoms with Crippen molar-refractivity contribution in [2.24, 2.45) is 0 Å². The van der Waals surface area contributed by atoms with Gasteiger partial charge in [0.15, 0.2) is 0 Å². The van der Waals surface area contributed by atoms with E-state index < -0.39 is 0 Å². The van der Waals surface area contributed by atoms with Crippen LogP contribution in [0.2, 0.25) is 5.02 Å². The third-order valence-electron chi connectivity index (χ3n) is 3.27. The van der Waals surface area contributed by atoms with Crippen molar-refractivity contribution in [3.05, 3.63) is 34.9 Å². The molecule has 1 aromatic carbocycles. The van der Waals surface area contributed by atoms with Gasteiger partial charge in [-0.15, -0.1) is 0 Å². The first kappa shape index (κ1) is 16.5. The standard InChI is InChI=1S/C16H27ClN2/c1-4-7-16(14-8-10-15(17)11-9-14)18-12-5-6-13-19(2)3/h8-11,16,18H,4-7,12-13H2,1-3H3. The second-order valence-corrected chi connectivity index (χ2v) is 5.79. The van der Waals surface area contributed by atoms with Crippen LogP contribution >= 0.6 is 11.6 Å². The van der Waals surface area contributed by atoms with Crippen LogP contribution < -0.4 is 5.32 Å². The van der Waals surface area contributed by atoms with Gasteiger partial charge in [-0.2, -0.15) is 0 Å². The molecular formula is C16H27ClN2. The lowest BCUT2D eigenvalue weighted by Crippen LogP contribution is -2.23. The van der Waals surface area contributed by atoms with E-state index in [1.807, 2.05) is 12.1 Å². The summed E-state index contributed by atoms with van der Waals surface area (Å²) < 4.78 is 0. The summed E-state index contributed by atoms with van der Waals surface area (Å²) in [6.07, 6.45) is 4.85. The van der Waals surface area contributed by atoms with E-state index in [1.54, 1.807) is 0 Å². The molecule has 0 spiro atoms. The predicted molar refractivity (Wildman–Crippen MR) is 84.9 cm³/mol. The number of nitrogens with one attached hydrogen (secondary N) is 1. The van der Waals surface area contributed by atoms with Crippen LogP contribution in [-0.4, -0.2) is 32.1 Å². The number of hydrogen-bond acceptors (Lipinski definition) is 2. The van der Waals surface area contributed by atoms with Crippen LogP contribution in [0.15, 0.2) is 24.3 Å². The fourth-order valence-corrected chi connectivity index (χ4v) is 2.33. The smallest absolute Gasteiger partial charge is 0.0406 e. The van der Waals surface area contributed by atoms with Crippen molar-refractivity contribution in [3.63, 3.8) is 0 Å². The second-order valence-electron chi connectivity index (χ2n) is 5.36. The monoisotopic (exact) mass is 282 g/mol. The summed E-state index contributed by atoms with van der Waals surface area (Å²) in [7, 11) is 4.25. The number of hydrogen-bond donors (Lipinski definition) is 1. The molecule has 0 radical (unpaired) electrons. The molecule has 1 N–H and O–H groups in total. The highest BCUT2D eigenvalue weighted by atomic mass is 35.5. The van der Waals surface area contributed by atoms with Gasteiger partial charge in [0.2, 0.25) is 0 Å². The van der Waals surface area contributed by atoms with Crippen LogP contribution in [0.1, 0.15) is 44.2 Å². The predicted octanol–water partition coefficient (Wildman–Crippen LogP) is 4.11. The minimum Gasteiger partial charge on any atom is -0.310 e. The molecule has 0 heterocycles. The lowest BCUT2D eigenvalue weighted by Gasteiger charge is -2.19. The van der Waals surface area contributed by atoms with E-state index in [-0.39, 0.29) is 0 Å². The summed E-state index contributed by atoms with van der Waals surface area (Å²) in [4.78, 5) is 2.24. The minimum absolute atomic E-state index is 0.460. The van der Waals surface area contributed by atoms with Crippen molar-refractivity contribution in [1.29, 1.82) is 0 Å². The Hall–Kier alpha value is -0.570. The number of unbranched alkanes of at least 4 members (excludes halogenated alkanes) is 1. The normalized spacial score (nSPS) is 12.9. The number of nitrogens with zero attached hydrogens (tertiary/aromatic N) is 1. The van der Waals surface area contributed by atoms with E-state index in [0.29, 0.717) is 6.04 Å². The first-order chi connectivity index (χ1) is 9.13. The summed E-state index contributed by atoms with van der Waals surface area (Å²) in [5.41, 5.74) is 1.35. The maximum atomic E-state index is 5.94. The van der Waals surface area contributed by atoms with E-state index >= 15 is 0 Å². The fraction of sp³-hybridized carbons (Fsp3) is 0.625. The Balaban J connectivity index is 2.38. The molecule has 0 saturated carbocycles. The van der Waals surface area contributed by atoms with Crippen LogP contribution in [0.4, 0.5) is 0 Å². The molecule has 1 rings (SSSR count). The Morgan fingerprint density at radius 3 is 2.42 bits per heavy atom. The molecule has 0 saturated heterocycles. The zero-order chi connectivity index (χ0) is 14.1. The molecule has 19 heavy (non-hydrogen) atoms. The van der Waals surface area contributed by atoms with E-state index in [1.165, 1.54) is 37.8 Å². The molecule has 3 heteroatoms. The summed E-state index contributed by atoms with van der Waals surface area (Å²) in [6.45, 7) is 4.48. The van der Waals surface area contributed by atoms with Gasteiger partial charge in [-0.1, -0.05) is 37.1 Å². The van der Waals surface area contributed by atoms with Crippen molar-refractivity contribution >= 4 is 11.6 Å². The third kappa shape index (κ3) is 6.95. The zero-order valence-corrected chi connectivity index (χ0v) is 13.2. The van der Waals surface area contributed by atoms with Crippen LogP contribution in [0.25, 0.3) is 0 Å². The maximum absolute atomic E-state index is 5.94. The van der Waals surface area contributed by atoms with Crippen LogP contribution in [0.3, 0.4) is 0 Å². The number of halogens is 1. The third-order valence-corrected chi connectivity index (χ3v) is 3.52. The topological polar surface area (TPSA) is 15.3 Å². The zero-order valence-electron chi connectivity index (χ0n) is 12.5. The van der Waals surface area contributed by atoms with E-state index in [4.69, 9.17) is 11.6 Å². The van der Waals surface area contributed by atoms with E-state index in [2.05, 4.69) is 43.4 Å². The van der Waals surface area contributed by atoms with Crippen molar-refractivity contribution in [2.75, 3.05) is 27.2 Å². The fourth-order valence-electron chi connectivity index (χ4n) is 2.20. The average molecular weight is 283 g/mol. The van der Waals surface area contributed by atoms with Gasteiger partial charge < -0.3 is 10.2 Å². The molecule has 0 fully saturated rings. The van der Waals surface area contributed by atoms with Gasteiger partial charge in [-0.25, -0.2) is 0 Å². The van der Waals surface area contributed by atoms with Gasteiger partial charge in [0.1, 0.15) is 0 Å². The number of rotatable bonds is 9. The van der Waals surface area contributed by atoms with Crippen molar-refractivity contribution in [2.45, 2.75) is 38.6 Å². The Labute approximate surface area is 123 Å². The first-order valence-electron chi connectivity index (χ1n) is 7.27. The van der Waals surface area contributed by atoms with Gasteiger partial charge in [-0.3, -0.25) is 0 Å². The molecular weight excluding hydrogens is 256 g/mol. The lowest BCUT2D eigenvalue weighted by atomic mass is 10.0. The van der Waals surface area contributed by atoms with Crippen molar-refractivity contribution < 1.29 is 0 Å². The average Bonchev–Trinajstić information content (AvgIpc) is 2.38. The molecule has 2 nitrogen and oxygen atoms in total. The molecule has 108 valence electrons. The van der Waals surface area contributed by atoms with E-state index in [0.717, 1.165) is 11.6 Å². The largest absolute Gasteiger partial charge is 0.310 e. The summed E-state index contributed by atoms with van der Waals surface area (Å²) >= 11 is 5.94. The van der Waals surface area contributed by atoms with Gasteiger partial charge in [0, 0.05) is 11.1 Å². The number of benzene rings is 1. The Morgan fingerprint density at radius 1 is 1.16 bits per heavy atom. The van der Waals surface area contributed by atoms with Crippen LogP contribution in [-0.2, 0) is 0 Å². The Bertz CT molecular complexity index is 335. The second kappa shape index (κ2) is 9.35. The highest BCUT2D eigenvalue weighted by Gasteiger charge is 2.09. The van der Waals surface area contributed by atoms with Crippen LogP contribution in [0.5, 0.6) is 0 Å². The molecule has 0 amide bonds. The first-order valence-corrected chi connectivity index (χ1v) is 7.65. The minimum atomic E-state index is 0.460. The summed E-state index contributed by atoms with van der Waals surface area (Å²) in [5, 5.41) is 4.48. The quantitative estimate of drug-likeness (QED) is 0.686. The molecule has 1 unspecified atom stereocenters. The molecule has 0 aliphatic rings. The van der Waals surface area contributed by atoms with E-state index in [9.17, 15) is 0 Å². The Morgan fingerprint density at radius 2 is 1.84 bits per heavy atom. The van der Waals surface area contributed by atoms with Gasteiger partial charge in [-0.05, 0) is 64.1 Å². The molecule has 1 aromatic rings. The van der Waals surface area contributed by atoms with Crippen LogP contribution in [0, 0.1) is 0 Å². The Kier molecular flexibility index (Phi) is 8.11. The maximum Gasteiger partial charge on any atom is 0.0406 e.